The second-order valence-corrected chi connectivity index (χ2v) is 4.82. The summed E-state index contributed by atoms with van der Waals surface area (Å²) in [5.41, 5.74) is -0.981. The number of aliphatic hydroxyl groups is 1. The van der Waals surface area contributed by atoms with Crippen LogP contribution in [0.4, 0.5) is 13.2 Å². The minimum atomic E-state index is -4.24. The molecule has 0 aliphatic heterocycles. The number of benzene rings is 1. The van der Waals surface area contributed by atoms with Crippen molar-refractivity contribution in [2.45, 2.75) is 31.5 Å². The highest BCUT2D eigenvalue weighted by Crippen LogP contribution is 2.32. The Balaban J connectivity index is 2.77. The number of hydrogen-bond donors (Lipinski definition) is 1. The van der Waals surface area contributed by atoms with E-state index in [0.717, 1.165) is 4.47 Å². The van der Waals surface area contributed by atoms with E-state index < -0.39 is 18.2 Å². The molecule has 0 heterocycles. The van der Waals surface area contributed by atoms with E-state index in [1.165, 1.54) is 6.92 Å². The molecule has 0 radical (unpaired) electrons. The molecule has 16 heavy (non-hydrogen) atoms. The molecule has 0 fully saturated rings. The van der Waals surface area contributed by atoms with Gasteiger partial charge in [-0.05, 0) is 31.0 Å². The molecule has 0 aliphatic rings. The first kappa shape index (κ1) is 13.5. The zero-order valence-electron chi connectivity index (χ0n) is 8.68. The molecule has 90 valence electrons. The third kappa shape index (κ3) is 4.14. The van der Waals surface area contributed by atoms with Crippen molar-refractivity contribution < 1.29 is 18.3 Å². The summed E-state index contributed by atoms with van der Waals surface area (Å²) in [6.45, 7) is 1.39. The lowest BCUT2D eigenvalue weighted by molar-refractivity contribution is -0.146. The van der Waals surface area contributed by atoms with Gasteiger partial charge in [0.25, 0.3) is 0 Å². The molecule has 0 amide bonds. The summed E-state index contributed by atoms with van der Waals surface area (Å²) in [6.07, 6.45) is -5.57. The standard InChI is InChI=1S/C11H12BrF3O/c1-10(16,5-6-11(13,14)15)8-3-2-4-9(12)7-8/h2-4,7,16H,5-6H2,1H3. The molecule has 1 rings (SSSR count). The van der Waals surface area contributed by atoms with Gasteiger partial charge in [-0.25, -0.2) is 0 Å². The van der Waals surface area contributed by atoms with Gasteiger partial charge >= 0.3 is 6.18 Å². The number of rotatable bonds is 3. The maximum Gasteiger partial charge on any atom is 0.389 e. The SMILES string of the molecule is CC(O)(CCC(F)(F)F)c1cccc(Br)c1. The summed E-state index contributed by atoms with van der Waals surface area (Å²) in [6, 6.07) is 6.67. The zero-order chi connectivity index (χ0) is 12.4. The van der Waals surface area contributed by atoms with Gasteiger partial charge in [0, 0.05) is 10.9 Å². The summed E-state index contributed by atoms with van der Waals surface area (Å²) in [7, 11) is 0. The first-order chi connectivity index (χ1) is 7.21. The predicted octanol–water partition coefficient (Wildman–Crippen LogP) is 4.00. The van der Waals surface area contributed by atoms with Gasteiger partial charge in [0.15, 0.2) is 0 Å². The second kappa shape index (κ2) is 4.75. The molecule has 1 aromatic carbocycles. The van der Waals surface area contributed by atoms with E-state index in [4.69, 9.17) is 0 Å². The van der Waals surface area contributed by atoms with Crippen LogP contribution in [0, 0.1) is 0 Å². The van der Waals surface area contributed by atoms with E-state index in [2.05, 4.69) is 15.9 Å². The van der Waals surface area contributed by atoms with Crippen molar-refractivity contribution >= 4 is 15.9 Å². The summed E-state index contributed by atoms with van der Waals surface area (Å²) in [5.74, 6) is 0. The minimum Gasteiger partial charge on any atom is -0.385 e. The van der Waals surface area contributed by atoms with Crippen molar-refractivity contribution in [2.75, 3.05) is 0 Å². The van der Waals surface area contributed by atoms with Gasteiger partial charge in [0.05, 0.1) is 5.60 Å². The predicted molar refractivity (Wildman–Crippen MR) is 59.0 cm³/mol. The van der Waals surface area contributed by atoms with Crippen molar-refractivity contribution in [3.63, 3.8) is 0 Å². The lowest BCUT2D eigenvalue weighted by atomic mass is 9.91. The molecule has 0 aliphatic carbocycles. The van der Waals surface area contributed by atoms with Gasteiger partial charge in [0.1, 0.15) is 0 Å². The molecule has 0 spiro atoms. The van der Waals surface area contributed by atoms with Crippen LogP contribution in [0.5, 0.6) is 0 Å². The van der Waals surface area contributed by atoms with Gasteiger partial charge in [-0.15, -0.1) is 0 Å². The monoisotopic (exact) mass is 296 g/mol. The van der Waals surface area contributed by atoms with E-state index in [-0.39, 0.29) is 6.42 Å². The number of alkyl halides is 3. The molecule has 0 bridgehead atoms. The average Bonchev–Trinajstić information content (AvgIpc) is 2.14. The molecule has 1 unspecified atom stereocenters. The van der Waals surface area contributed by atoms with E-state index in [9.17, 15) is 18.3 Å². The fraction of sp³-hybridized carbons (Fsp3) is 0.455. The Hall–Kier alpha value is -0.550. The van der Waals surface area contributed by atoms with Crippen molar-refractivity contribution in [3.05, 3.63) is 34.3 Å². The van der Waals surface area contributed by atoms with Crippen LogP contribution in [0.25, 0.3) is 0 Å². The fourth-order valence-corrected chi connectivity index (χ4v) is 1.75. The highest BCUT2D eigenvalue weighted by atomic mass is 79.9. The van der Waals surface area contributed by atoms with Crippen LogP contribution in [0.3, 0.4) is 0 Å². The third-order valence-corrected chi connectivity index (χ3v) is 2.84. The van der Waals surface area contributed by atoms with Crippen molar-refractivity contribution in [3.8, 4) is 0 Å². The molecular weight excluding hydrogens is 285 g/mol. The van der Waals surface area contributed by atoms with Gasteiger partial charge in [-0.3, -0.25) is 0 Å². The minimum absolute atomic E-state index is 0.340. The van der Waals surface area contributed by atoms with Crippen LogP contribution in [0.1, 0.15) is 25.3 Å². The Kier molecular flexibility index (Phi) is 4.02. The summed E-state index contributed by atoms with van der Waals surface area (Å²) >= 11 is 3.21. The maximum absolute atomic E-state index is 12.1. The van der Waals surface area contributed by atoms with Crippen LogP contribution in [0.2, 0.25) is 0 Å². The van der Waals surface area contributed by atoms with Gasteiger partial charge in [-0.2, -0.15) is 13.2 Å². The highest BCUT2D eigenvalue weighted by Gasteiger charge is 2.33. The lowest BCUT2D eigenvalue weighted by Crippen LogP contribution is -2.24. The Morgan fingerprint density at radius 3 is 2.38 bits per heavy atom. The first-order valence-corrected chi connectivity index (χ1v) is 5.55. The smallest absolute Gasteiger partial charge is 0.385 e. The number of hydrogen-bond acceptors (Lipinski definition) is 1. The van der Waals surface area contributed by atoms with Crippen molar-refractivity contribution in [1.29, 1.82) is 0 Å². The van der Waals surface area contributed by atoms with E-state index >= 15 is 0 Å². The fourth-order valence-electron chi connectivity index (χ4n) is 1.35. The highest BCUT2D eigenvalue weighted by molar-refractivity contribution is 9.10. The van der Waals surface area contributed by atoms with E-state index in [0.29, 0.717) is 5.56 Å². The Morgan fingerprint density at radius 2 is 1.88 bits per heavy atom. The van der Waals surface area contributed by atoms with Gasteiger partial charge < -0.3 is 5.11 Å². The van der Waals surface area contributed by atoms with Crippen LogP contribution >= 0.6 is 15.9 Å². The zero-order valence-corrected chi connectivity index (χ0v) is 10.3. The summed E-state index contributed by atoms with van der Waals surface area (Å²) < 4.78 is 36.9. The molecule has 5 heteroatoms. The summed E-state index contributed by atoms with van der Waals surface area (Å²) in [4.78, 5) is 0. The Labute approximate surface area is 100 Å². The first-order valence-electron chi connectivity index (χ1n) is 4.76. The van der Waals surface area contributed by atoms with Crippen molar-refractivity contribution in [1.82, 2.24) is 0 Å². The Morgan fingerprint density at radius 1 is 1.25 bits per heavy atom. The van der Waals surface area contributed by atoms with Crippen LogP contribution in [-0.4, -0.2) is 11.3 Å². The van der Waals surface area contributed by atoms with Crippen LogP contribution < -0.4 is 0 Å². The van der Waals surface area contributed by atoms with Crippen LogP contribution in [-0.2, 0) is 5.60 Å². The molecule has 1 nitrogen and oxygen atoms in total. The van der Waals surface area contributed by atoms with Gasteiger partial charge in [-0.1, -0.05) is 28.1 Å². The second-order valence-electron chi connectivity index (χ2n) is 3.90. The molecule has 1 N–H and O–H groups in total. The number of halogens is 4. The maximum atomic E-state index is 12.1. The topological polar surface area (TPSA) is 20.2 Å². The molecule has 0 saturated heterocycles. The summed E-state index contributed by atoms with van der Waals surface area (Å²) in [5, 5.41) is 9.95. The van der Waals surface area contributed by atoms with Gasteiger partial charge in [0.2, 0.25) is 0 Å². The quantitative estimate of drug-likeness (QED) is 0.894. The van der Waals surface area contributed by atoms with Crippen molar-refractivity contribution in [2.24, 2.45) is 0 Å². The lowest BCUT2D eigenvalue weighted by Gasteiger charge is -2.24. The largest absolute Gasteiger partial charge is 0.389 e. The molecule has 0 saturated carbocycles. The van der Waals surface area contributed by atoms with E-state index in [1.807, 2.05) is 0 Å². The van der Waals surface area contributed by atoms with Crippen LogP contribution in [0.15, 0.2) is 28.7 Å². The normalized spacial score (nSPS) is 15.9. The Bertz CT molecular complexity index is 360. The van der Waals surface area contributed by atoms with E-state index in [1.54, 1.807) is 24.3 Å². The molecular formula is C11H12BrF3O. The average molecular weight is 297 g/mol. The molecule has 1 atom stereocenters. The molecule has 1 aromatic rings. The molecule has 0 aromatic heterocycles. The third-order valence-electron chi connectivity index (χ3n) is 2.34.